The average molecular weight is 399 g/mol. The Morgan fingerprint density at radius 2 is 1.90 bits per heavy atom. The number of nitrogens with one attached hydrogen (secondary N) is 2. The Hall–Kier alpha value is -3.62. The van der Waals surface area contributed by atoms with Crippen molar-refractivity contribution in [1.82, 2.24) is 10.6 Å². The van der Waals surface area contributed by atoms with Crippen molar-refractivity contribution < 1.29 is 28.3 Å². The van der Waals surface area contributed by atoms with Gasteiger partial charge in [-0.3, -0.25) is 19.2 Å². The zero-order valence-corrected chi connectivity index (χ0v) is 15.7. The summed E-state index contributed by atoms with van der Waals surface area (Å²) in [6.07, 6.45) is 2.85. The molecule has 9 nitrogen and oxygen atoms in total. The minimum absolute atomic E-state index is 0.0677. The van der Waals surface area contributed by atoms with Gasteiger partial charge in [0.25, 0.3) is 11.8 Å². The molecular weight excluding hydrogens is 378 g/mol. The molecule has 1 fully saturated rings. The van der Waals surface area contributed by atoms with Crippen LogP contribution in [0.25, 0.3) is 0 Å². The highest BCUT2D eigenvalue weighted by Crippen LogP contribution is 2.21. The fourth-order valence-corrected chi connectivity index (χ4v) is 2.82. The SMILES string of the molecule is O=C(COC(=O)CNC(=O)c1ccc(N2CCCC2=O)cc1)NCc1ccco1. The summed E-state index contributed by atoms with van der Waals surface area (Å²) in [7, 11) is 0. The van der Waals surface area contributed by atoms with Crippen molar-refractivity contribution in [2.24, 2.45) is 0 Å². The normalized spacial score (nSPS) is 13.2. The quantitative estimate of drug-likeness (QED) is 0.640. The first-order valence-corrected chi connectivity index (χ1v) is 9.16. The van der Waals surface area contributed by atoms with Crippen LogP contribution < -0.4 is 15.5 Å². The standard InChI is InChI=1S/C20H21N3O6/c24-17(21-11-16-3-2-10-28-16)13-29-19(26)12-22-20(27)14-5-7-15(8-6-14)23-9-1-4-18(23)25/h2-3,5-8,10H,1,4,9,11-13H2,(H,21,24)(H,22,27). The number of benzene rings is 1. The van der Waals surface area contributed by atoms with Gasteiger partial charge < -0.3 is 24.7 Å². The van der Waals surface area contributed by atoms with E-state index in [-0.39, 0.29) is 19.0 Å². The van der Waals surface area contributed by atoms with Gasteiger partial charge in [0.1, 0.15) is 12.3 Å². The number of nitrogens with zero attached hydrogens (tertiary/aromatic N) is 1. The van der Waals surface area contributed by atoms with E-state index in [0.717, 1.165) is 12.1 Å². The fraction of sp³-hybridized carbons (Fsp3) is 0.300. The van der Waals surface area contributed by atoms with E-state index in [1.165, 1.54) is 6.26 Å². The molecule has 1 aromatic heterocycles. The minimum Gasteiger partial charge on any atom is -0.467 e. The van der Waals surface area contributed by atoms with Gasteiger partial charge in [0.15, 0.2) is 6.61 Å². The summed E-state index contributed by atoms with van der Waals surface area (Å²) in [6, 6.07) is 9.97. The molecule has 152 valence electrons. The number of anilines is 1. The summed E-state index contributed by atoms with van der Waals surface area (Å²) in [6.45, 7) is 0.0507. The molecule has 0 bridgehead atoms. The molecule has 0 saturated carbocycles. The van der Waals surface area contributed by atoms with Gasteiger partial charge in [0.05, 0.1) is 12.8 Å². The van der Waals surface area contributed by atoms with Gasteiger partial charge in [0, 0.05) is 24.2 Å². The van der Waals surface area contributed by atoms with Gasteiger partial charge in [-0.05, 0) is 42.8 Å². The largest absolute Gasteiger partial charge is 0.467 e. The first-order chi connectivity index (χ1) is 14.0. The summed E-state index contributed by atoms with van der Waals surface area (Å²) in [5, 5.41) is 4.97. The van der Waals surface area contributed by atoms with Gasteiger partial charge in [-0.25, -0.2) is 0 Å². The molecular formula is C20H21N3O6. The van der Waals surface area contributed by atoms with Crippen molar-refractivity contribution in [3.8, 4) is 0 Å². The van der Waals surface area contributed by atoms with E-state index in [0.29, 0.717) is 24.3 Å². The molecule has 0 unspecified atom stereocenters. The second-order valence-electron chi connectivity index (χ2n) is 6.40. The predicted octanol–water partition coefficient (Wildman–Crippen LogP) is 0.996. The Morgan fingerprint density at radius 3 is 2.55 bits per heavy atom. The number of ether oxygens (including phenoxy) is 1. The van der Waals surface area contributed by atoms with Crippen LogP contribution in [0.5, 0.6) is 0 Å². The van der Waals surface area contributed by atoms with E-state index in [2.05, 4.69) is 10.6 Å². The molecule has 0 spiro atoms. The third-order valence-electron chi connectivity index (χ3n) is 4.31. The number of carbonyl (C=O) groups excluding carboxylic acids is 4. The monoisotopic (exact) mass is 399 g/mol. The summed E-state index contributed by atoms with van der Waals surface area (Å²) in [5.74, 6) is -1.02. The summed E-state index contributed by atoms with van der Waals surface area (Å²) >= 11 is 0. The van der Waals surface area contributed by atoms with Gasteiger partial charge in [0.2, 0.25) is 5.91 Å². The fourth-order valence-electron chi connectivity index (χ4n) is 2.82. The van der Waals surface area contributed by atoms with Crippen molar-refractivity contribution in [3.05, 3.63) is 54.0 Å². The maximum absolute atomic E-state index is 12.1. The van der Waals surface area contributed by atoms with Gasteiger partial charge in [-0.1, -0.05) is 0 Å². The van der Waals surface area contributed by atoms with Crippen LogP contribution >= 0.6 is 0 Å². The number of furan rings is 1. The highest BCUT2D eigenvalue weighted by atomic mass is 16.5. The van der Waals surface area contributed by atoms with E-state index in [9.17, 15) is 19.2 Å². The lowest BCUT2D eigenvalue weighted by molar-refractivity contribution is -0.147. The highest BCUT2D eigenvalue weighted by molar-refractivity contribution is 5.98. The third kappa shape index (κ3) is 5.68. The third-order valence-corrected chi connectivity index (χ3v) is 4.31. The summed E-state index contributed by atoms with van der Waals surface area (Å²) in [4.78, 5) is 48.9. The molecule has 0 atom stereocenters. The molecule has 3 rings (SSSR count). The molecule has 9 heteroatoms. The Kier molecular flexibility index (Phi) is 6.62. The molecule has 0 radical (unpaired) electrons. The number of carbonyl (C=O) groups is 4. The lowest BCUT2D eigenvalue weighted by Crippen LogP contribution is -2.33. The molecule has 1 aliphatic heterocycles. The number of hydrogen-bond acceptors (Lipinski definition) is 6. The first kappa shape index (κ1) is 20.1. The Morgan fingerprint density at radius 1 is 1.10 bits per heavy atom. The predicted molar refractivity (Wildman–Crippen MR) is 102 cm³/mol. The lowest BCUT2D eigenvalue weighted by Gasteiger charge is -2.15. The van der Waals surface area contributed by atoms with E-state index in [1.807, 2.05) is 0 Å². The maximum Gasteiger partial charge on any atom is 0.325 e. The number of rotatable bonds is 8. The van der Waals surface area contributed by atoms with Crippen molar-refractivity contribution in [2.45, 2.75) is 19.4 Å². The molecule has 2 heterocycles. The molecule has 2 N–H and O–H groups in total. The van der Waals surface area contributed by atoms with Crippen LogP contribution in [0.15, 0.2) is 47.1 Å². The highest BCUT2D eigenvalue weighted by Gasteiger charge is 2.21. The maximum atomic E-state index is 12.1. The minimum atomic E-state index is -0.731. The lowest BCUT2D eigenvalue weighted by atomic mass is 10.2. The Balaban J connectivity index is 1.37. The molecule has 29 heavy (non-hydrogen) atoms. The van der Waals surface area contributed by atoms with E-state index in [4.69, 9.17) is 9.15 Å². The zero-order chi connectivity index (χ0) is 20.6. The van der Waals surface area contributed by atoms with Gasteiger partial charge >= 0.3 is 5.97 Å². The number of hydrogen-bond donors (Lipinski definition) is 2. The summed E-state index contributed by atoms with van der Waals surface area (Å²) in [5.41, 5.74) is 1.09. The van der Waals surface area contributed by atoms with Crippen LogP contribution in [0.4, 0.5) is 5.69 Å². The molecule has 1 aromatic carbocycles. The van der Waals surface area contributed by atoms with Crippen molar-refractivity contribution in [2.75, 3.05) is 24.6 Å². The Bertz CT molecular complexity index is 876. The number of amides is 3. The van der Waals surface area contributed by atoms with Crippen LogP contribution in [-0.4, -0.2) is 43.4 Å². The zero-order valence-electron chi connectivity index (χ0n) is 15.7. The van der Waals surface area contributed by atoms with Crippen LogP contribution in [-0.2, 0) is 25.7 Å². The number of esters is 1. The van der Waals surface area contributed by atoms with Gasteiger partial charge in [-0.2, -0.15) is 0 Å². The second-order valence-corrected chi connectivity index (χ2v) is 6.40. The van der Waals surface area contributed by atoms with E-state index in [1.54, 1.807) is 41.3 Å². The molecule has 2 aromatic rings. The topological polar surface area (TPSA) is 118 Å². The van der Waals surface area contributed by atoms with Gasteiger partial charge in [-0.15, -0.1) is 0 Å². The Labute approximate surface area is 167 Å². The molecule has 0 aliphatic carbocycles. The first-order valence-electron chi connectivity index (χ1n) is 9.16. The molecule has 1 aliphatic rings. The average Bonchev–Trinajstić information content (AvgIpc) is 3.40. The van der Waals surface area contributed by atoms with E-state index < -0.39 is 24.4 Å². The van der Waals surface area contributed by atoms with Crippen molar-refractivity contribution >= 4 is 29.4 Å². The van der Waals surface area contributed by atoms with Crippen molar-refractivity contribution in [1.29, 1.82) is 0 Å². The van der Waals surface area contributed by atoms with E-state index >= 15 is 0 Å². The second kappa shape index (κ2) is 9.54. The summed E-state index contributed by atoms with van der Waals surface area (Å²) < 4.78 is 9.89. The van der Waals surface area contributed by atoms with Crippen LogP contribution in [0.1, 0.15) is 29.0 Å². The van der Waals surface area contributed by atoms with Crippen molar-refractivity contribution in [3.63, 3.8) is 0 Å². The van der Waals surface area contributed by atoms with Crippen LogP contribution in [0, 0.1) is 0 Å². The van der Waals surface area contributed by atoms with Crippen LogP contribution in [0.2, 0.25) is 0 Å². The van der Waals surface area contributed by atoms with Crippen LogP contribution in [0.3, 0.4) is 0 Å². The smallest absolute Gasteiger partial charge is 0.325 e. The molecule has 3 amide bonds. The molecule has 1 saturated heterocycles.